The van der Waals surface area contributed by atoms with Gasteiger partial charge in [0.2, 0.25) is 0 Å². The third-order valence-electron chi connectivity index (χ3n) is 4.91. The molecule has 0 aliphatic carbocycles. The van der Waals surface area contributed by atoms with Crippen LogP contribution in [-0.2, 0) is 6.54 Å². The SMILES string of the molecule is CCC(C)Oc1cccc(NC(=O)N2CCN(Cc3ccccc3)CC2)c1. The highest BCUT2D eigenvalue weighted by atomic mass is 16.5. The van der Waals surface area contributed by atoms with Gasteiger partial charge in [-0.3, -0.25) is 4.90 Å². The van der Waals surface area contributed by atoms with Crippen LogP contribution in [0.25, 0.3) is 0 Å². The normalized spacial score (nSPS) is 16.0. The van der Waals surface area contributed by atoms with Crippen LogP contribution in [0.4, 0.5) is 10.5 Å². The van der Waals surface area contributed by atoms with Gasteiger partial charge in [0.05, 0.1) is 6.10 Å². The zero-order valence-electron chi connectivity index (χ0n) is 16.2. The van der Waals surface area contributed by atoms with Crippen LogP contribution in [-0.4, -0.2) is 48.1 Å². The van der Waals surface area contributed by atoms with E-state index in [2.05, 4.69) is 41.4 Å². The number of carbonyl (C=O) groups excluding carboxylic acids is 1. The van der Waals surface area contributed by atoms with Crippen LogP contribution >= 0.6 is 0 Å². The summed E-state index contributed by atoms with van der Waals surface area (Å²) in [5.74, 6) is 0.787. The van der Waals surface area contributed by atoms with Gasteiger partial charge in [0.1, 0.15) is 5.75 Å². The molecule has 2 aromatic carbocycles. The van der Waals surface area contributed by atoms with Crippen molar-refractivity contribution in [2.45, 2.75) is 32.9 Å². The van der Waals surface area contributed by atoms with Gasteiger partial charge in [-0.25, -0.2) is 4.79 Å². The summed E-state index contributed by atoms with van der Waals surface area (Å²) in [5, 5.41) is 3.00. The lowest BCUT2D eigenvalue weighted by molar-refractivity contribution is 0.143. The molecule has 1 atom stereocenters. The second-order valence-corrected chi connectivity index (χ2v) is 7.04. The van der Waals surface area contributed by atoms with Gasteiger partial charge in [0, 0.05) is 44.5 Å². The molecule has 1 unspecified atom stereocenters. The number of ether oxygens (including phenoxy) is 1. The van der Waals surface area contributed by atoms with E-state index in [0.29, 0.717) is 0 Å². The van der Waals surface area contributed by atoms with Crippen molar-refractivity contribution in [1.29, 1.82) is 0 Å². The van der Waals surface area contributed by atoms with E-state index in [-0.39, 0.29) is 12.1 Å². The maximum Gasteiger partial charge on any atom is 0.321 e. The van der Waals surface area contributed by atoms with Crippen molar-refractivity contribution >= 4 is 11.7 Å². The summed E-state index contributed by atoms with van der Waals surface area (Å²) in [7, 11) is 0. The average molecular weight is 367 g/mol. The third kappa shape index (κ3) is 5.73. The number of rotatable bonds is 6. The molecule has 5 heteroatoms. The van der Waals surface area contributed by atoms with Gasteiger partial charge in [-0.05, 0) is 31.0 Å². The van der Waals surface area contributed by atoms with Crippen LogP contribution in [0.1, 0.15) is 25.8 Å². The van der Waals surface area contributed by atoms with Crippen molar-refractivity contribution in [1.82, 2.24) is 9.80 Å². The highest BCUT2D eigenvalue weighted by molar-refractivity contribution is 5.89. The monoisotopic (exact) mass is 367 g/mol. The molecule has 0 saturated carbocycles. The fraction of sp³-hybridized carbons (Fsp3) is 0.409. The molecule has 3 rings (SSSR count). The first kappa shape index (κ1) is 19.2. The molecule has 27 heavy (non-hydrogen) atoms. The van der Waals surface area contributed by atoms with Crippen LogP contribution in [0.2, 0.25) is 0 Å². The number of carbonyl (C=O) groups is 1. The Kier molecular flexibility index (Phi) is 6.71. The average Bonchev–Trinajstić information content (AvgIpc) is 2.69. The molecule has 1 fully saturated rings. The van der Waals surface area contributed by atoms with E-state index >= 15 is 0 Å². The molecule has 2 aromatic rings. The molecular weight excluding hydrogens is 338 g/mol. The molecule has 0 bridgehead atoms. The van der Waals surface area contributed by atoms with Crippen LogP contribution in [0.5, 0.6) is 5.75 Å². The Hall–Kier alpha value is -2.53. The first-order chi connectivity index (χ1) is 13.1. The summed E-state index contributed by atoms with van der Waals surface area (Å²) in [6.45, 7) is 8.32. The van der Waals surface area contributed by atoms with E-state index in [4.69, 9.17) is 4.74 Å². The Balaban J connectivity index is 1.49. The van der Waals surface area contributed by atoms with Gasteiger partial charge in [-0.1, -0.05) is 43.3 Å². The topological polar surface area (TPSA) is 44.8 Å². The molecule has 2 amide bonds. The van der Waals surface area contributed by atoms with Gasteiger partial charge in [0.25, 0.3) is 0 Å². The van der Waals surface area contributed by atoms with Gasteiger partial charge >= 0.3 is 6.03 Å². The summed E-state index contributed by atoms with van der Waals surface area (Å²) in [5.41, 5.74) is 2.08. The number of benzene rings is 2. The molecule has 5 nitrogen and oxygen atoms in total. The van der Waals surface area contributed by atoms with Crippen LogP contribution in [0.15, 0.2) is 54.6 Å². The van der Waals surface area contributed by atoms with Gasteiger partial charge in [0.15, 0.2) is 0 Å². The van der Waals surface area contributed by atoms with E-state index in [1.165, 1.54) is 5.56 Å². The predicted molar refractivity (Wildman–Crippen MR) is 109 cm³/mol. The quantitative estimate of drug-likeness (QED) is 0.832. The van der Waals surface area contributed by atoms with Crippen LogP contribution < -0.4 is 10.1 Å². The van der Waals surface area contributed by atoms with Crippen molar-refractivity contribution in [2.75, 3.05) is 31.5 Å². The molecule has 1 aliphatic rings. The number of amides is 2. The second-order valence-electron chi connectivity index (χ2n) is 7.04. The second kappa shape index (κ2) is 9.42. The minimum Gasteiger partial charge on any atom is -0.491 e. The maximum absolute atomic E-state index is 12.6. The van der Waals surface area contributed by atoms with Crippen molar-refractivity contribution in [3.8, 4) is 5.75 Å². The summed E-state index contributed by atoms with van der Waals surface area (Å²) in [6.07, 6.45) is 1.11. The van der Waals surface area contributed by atoms with E-state index in [9.17, 15) is 4.79 Å². The number of hydrogen-bond donors (Lipinski definition) is 1. The summed E-state index contributed by atoms with van der Waals surface area (Å²) in [4.78, 5) is 16.8. The van der Waals surface area contributed by atoms with Gasteiger partial charge < -0.3 is 15.0 Å². The Morgan fingerprint density at radius 1 is 1.07 bits per heavy atom. The third-order valence-corrected chi connectivity index (χ3v) is 4.91. The first-order valence-electron chi connectivity index (χ1n) is 9.73. The van der Waals surface area contributed by atoms with Crippen molar-refractivity contribution < 1.29 is 9.53 Å². The van der Waals surface area contributed by atoms with Crippen molar-refractivity contribution in [3.63, 3.8) is 0 Å². The highest BCUT2D eigenvalue weighted by Gasteiger charge is 2.21. The van der Waals surface area contributed by atoms with Crippen molar-refractivity contribution in [2.24, 2.45) is 0 Å². The molecular formula is C22H29N3O2. The van der Waals surface area contributed by atoms with E-state index in [1.54, 1.807) is 0 Å². The molecule has 0 radical (unpaired) electrons. The minimum absolute atomic E-state index is 0.0462. The number of nitrogens with one attached hydrogen (secondary N) is 1. The Labute approximate surface area is 161 Å². The standard InChI is InChI=1S/C22H29N3O2/c1-3-18(2)27-21-11-7-10-20(16-21)23-22(26)25-14-12-24(13-15-25)17-19-8-5-4-6-9-19/h4-11,16,18H,3,12-15,17H2,1-2H3,(H,23,26). The first-order valence-corrected chi connectivity index (χ1v) is 9.73. The molecule has 1 saturated heterocycles. The fourth-order valence-corrected chi connectivity index (χ4v) is 3.12. The number of piperazine rings is 1. The molecule has 1 N–H and O–H groups in total. The predicted octanol–water partition coefficient (Wildman–Crippen LogP) is 4.21. The smallest absolute Gasteiger partial charge is 0.321 e. The number of urea groups is 1. The van der Waals surface area contributed by atoms with Gasteiger partial charge in [-0.2, -0.15) is 0 Å². The zero-order valence-corrected chi connectivity index (χ0v) is 16.2. The molecule has 1 aliphatic heterocycles. The molecule has 0 spiro atoms. The zero-order chi connectivity index (χ0) is 19.1. The summed E-state index contributed by atoms with van der Waals surface area (Å²) in [6, 6.07) is 18.0. The van der Waals surface area contributed by atoms with E-state index in [0.717, 1.165) is 50.6 Å². The largest absolute Gasteiger partial charge is 0.491 e. The molecule has 1 heterocycles. The summed E-state index contributed by atoms with van der Waals surface area (Å²) >= 11 is 0. The number of hydrogen-bond acceptors (Lipinski definition) is 3. The van der Waals surface area contributed by atoms with E-state index in [1.807, 2.05) is 42.2 Å². The Bertz CT molecular complexity index is 727. The lowest BCUT2D eigenvalue weighted by atomic mass is 10.2. The lowest BCUT2D eigenvalue weighted by Gasteiger charge is -2.34. The van der Waals surface area contributed by atoms with Crippen molar-refractivity contribution in [3.05, 3.63) is 60.2 Å². The molecule has 144 valence electrons. The van der Waals surface area contributed by atoms with Gasteiger partial charge in [-0.15, -0.1) is 0 Å². The fourth-order valence-electron chi connectivity index (χ4n) is 3.12. The highest BCUT2D eigenvalue weighted by Crippen LogP contribution is 2.20. The minimum atomic E-state index is -0.0462. The summed E-state index contributed by atoms with van der Waals surface area (Å²) < 4.78 is 5.83. The number of anilines is 1. The Morgan fingerprint density at radius 3 is 2.52 bits per heavy atom. The maximum atomic E-state index is 12.6. The van der Waals surface area contributed by atoms with E-state index < -0.39 is 0 Å². The molecule has 0 aromatic heterocycles. The van der Waals surface area contributed by atoms with Crippen LogP contribution in [0, 0.1) is 0 Å². The lowest BCUT2D eigenvalue weighted by Crippen LogP contribution is -2.49. The van der Waals surface area contributed by atoms with Crippen LogP contribution in [0.3, 0.4) is 0 Å². The Morgan fingerprint density at radius 2 is 1.81 bits per heavy atom. The number of nitrogens with zero attached hydrogens (tertiary/aromatic N) is 2.